The van der Waals surface area contributed by atoms with Gasteiger partial charge < -0.3 is 10.4 Å². The predicted octanol–water partition coefficient (Wildman–Crippen LogP) is -1.13. The lowest BCUT2D eigenvalue weighted by Gasteiger charge is -2.44. The Labute approximate surface area is 94.5 Å². The van der Waals surface area contributed by atoms with Crippen LogP contribution in [0.15, 0.2) is 0 Å². The van der Waals surface area contributed by atoms with Gasteiger partial charge in [0.05, 0.1) is 0 Å². The summed E-state index contributed by atoms with van der Waals surface area (Å²) in [6, 6.07) is -1.34. The zero-order valence-electron chi connectivity index (χ0n) is 9.26. The normalized spacial score (nSPS) is 43.5. The van der Waals surface area contributed by atoms with E-state index in [2.05, 4.69) is 0 Å². The van der Waals surface area contributed by atoms with Crippen molar-refractivity contribution in [2.45, 2.75) is 50.6 Å². The van der Waals surface area contributed by atoms with Gasteiger partial charge in [-0.05, 0) is 24.7 Å². The quantitative estimate of drug-likeness (QED) is 0.453. The van der Waals surface area contributed by atoms with Gasteiger partial charge >= 0.3 is 0 Å². The fourth-order valence-corrected chi connectivity index (χ4v) is 3.43. The van der Waals surface area contributed by atoms with Crippen LogP contribution in [0.2, 0.25) is 0 Å². The summed E-state index contributed by atoms with van der Waals surface area (Å²) in [6.45, 7) is 0. The smallest absolute Gasteiger partial charge is 0.172 e. The summed E-state index contributed by atoms with van der Waals surface area (Å²) in [5, 5.41) is 38.5. The van der Waals surface area contributed by atoms with Gasteiger partial charge in [-0.25, -0.2) is 20.9 Å². The van der Waals surface area contributed by atoms with Crippen molar-refractivity contribution in [1.29, 1.82) is 0 Å². The van der Waals surface area contributed by atoms with E-state index in [0.29, 0.717) is 24.7 Å². The van der Waals surface area contributed by atoms with Crippen molar-refractivity contribution in [2.24, 2.45) is 11.8 Å². The van der Waals surface area contributed by atoms with E-state index in [4.69, 9.17) is 10.4 Å². The molecule has 16 heavy (non-hydrogen) atoms. The molecule has 0 aromatic carbocycles. The van der Waals surface area contributed by atoms with Crippen molar-refractivity contribution < 1.29 is 20.9 Å². The molecule has 94 valence electrons. The van der Waals surface area contributed by atoms with Crippen LogP contribution in [0.4, 0.5) is 0 Å². The zero-order chi connectivity index (χ0) is 11.7. The van der Waals surface area contributed by atoms with E-state index in [0.717, 1.165) is 12.8 Å². The second-order valence-electron chi connectivity index (χ2n) is 5.17. The molecule has 0 spiro atoms. The molecule has 4 N–H and O–H groups in total. The van der Waals surface area contributed by atoms with Crippen molar-refractivity contribution in [2.75, 3.05) is 0 Å². The number of hydroxylamine groups is 4. The van der Waals surface area contributed by atoms with E-state index in [9.17, 15) is 10.4 Å². The zero-order valence-corrected chi connectivity index (χ0v) is 9.26. The molecule has 0 aliphatic heterocycles. The summed E-state index contributed by atoms with van der Waals surface area (Å²) < 4.78 is 0. The van der Waals surface area contributed by atoms with Crippen molar-refractivity contribution >= 4 is 0 Å². The maximum absolute atomic E-state index is 11.1. The number of quaternary nitrogens is 2. The summed E-state index contributed by atoms with van der Waals surface area (Å²) in [7, 11) is 0. The minimum Gasteiger partial charge on any atom is -0.600 e. The third-order valence-corrected chi connectivity index (χ3v) is 4.30. The molecule has 6 unspecified atom stereocenters. The molecule has 6 heteroatoms. The van der Waals surface area contributed by atoms with Gasteiger partial charge in [-0.1, -0.05) is 12.8 Å². The molecule has 6 nitrogen and oxygen atoms in total. The van der Waals surface area contributed by atoms with Gasteiger partial charge in [0, 0.05) is 12.8 Å². The van der Waals surface area contributed by atoms with Crippen LogP contribution in [0.1, 0.15) is 38.5 Å². The second-order valence-corrected chi connectivity index (χ2v) is 5.17. The van der Waals surface area contributed by atoms with Gasteiger partial charge in [0.2, 0.25) is 0 Å². The highest BCUT2D eigenvalue weighted by atomic mass is 16.8. The first-order valence-corrected chi connectivity index (χ1v) is 6.05. The first-order chi connectivity index (χ1) is 7.59. The van der Waals surface area contributed by atoms with E-state index in [1.807, 2.05) is 0 Å². The Morgan fingerprint density at radius 1 is 0.812 bits per heavy atom. The number of fused-ring (bicyclic) bond motifs is 1. The molecule has 0 amide bonds. The molecule has 2 aliphatic carbocycles. The number of nitrogens with one attached hydrogen (secondary N) is 2. The van der Waals surface area contributed by atoms with Crippen LogP contribution in [-0.2, 0) is 0 Å². The Bertz CT molecular complexity index is 213. The highest BCUT2D eigenvalue weighted by molar-refractivity contribution is 4.87. The van der Waals surface area contributed by atoms with Gasteiger partial charge in [-0.3, -0.25) is 0 Å². The number of rotatable bonds is 2. The minimum atomic E-state index is -0.934. The first kappa shape index (κ1) is 12.2. The van der Waals surface area contributed by atoms with Gasteiger partial charge in [0.25, 0.3) is 0 Å². The van der Waals surface area contributed by atoms with Crippen molar-refractivity contribution in [1.82, 2.24) is 0 Å². The van der Waals surface area contributed by atoms with Crippen LogP contribution < -0.4 is 10.5 Å². The van der Waals surface area contributed by atoms with Crippen LogP contribution >= 0.6 is 0 Å². The van der Waals surface area contributed by atoms with Gasteiger partial charge in [0.1, 0.15) is 0 Å². The molecule has 2 fully saturated rings. The minimum absolute atomic E-state index is 0.449. The third-order valence-electron chi connectivity index (χ3n) is 4.30. The molecule has 0 bridgehead atoms. The fraction of sp³-hybridized carbons (Fsp3) is 1.00. The monoisotopic (exact) mass is 232 g/mol. The van der Waals surface area contributed by atoms with E-state index in [-0.39, 0.29) is 0 Å². The Hall–Kier alpha value is -0.240. The highest BCUT2D eigenvalue weighted by Crippen LogP contribution is 2.39. The van der Waals surface area contributed by atoms with E-state index in [1.165, 1.54) is 12.8 Å². The molecule has 6 atom stereocenters. The molecule has 2 aliphatic rings. The van der Waals surface area contributed by atoms with Crippen molar-refractivity contribution in [3.8, 4) is 0 Å². The maximum Gasteiger partial charge on any atom is 0.172 e. The Balaban J connectivity index is 2.07. The Kier molecular flexibility index (Phi) is 3.78. The topological polar surface area (TPSA) is 95.5 Å². The third kappa shape index (κ3) is 2.37. The van der Waals surface area contributed by atoms with Crippen molar-refractivity contribution in [3.05, 3.63) is 10.4 Å². The van der Waals surface area contributed by atoms with Crippen LogP contribution in [0.5, 0.6) is 0 Å². The molecular weight excluding hydrogens is 212 g/mol. The molecule has 0 aromatic heterocycles. The standard InChI is InChI=1S/C10H20N2O4/c13-11(14)9-5-7-3-1-2-4-8(7)6-10(9)12(15)16/h7-13,15H,1-6H2. The summed E-state index contributed by atoms with van der Waals surface area (Å²) in [5.74, 6) is 0.899. The molecule has 2 rings (SSSR count). The maximum atomic E-state index is 11.1. The van der Waals surface area contributed by atoms with Crippen LogP contribution in [0, 0.1) is 22.3 Å². The van der Waals surface area contributed by atoms with E-state index in [1.54, 1.807) is 0 Å². The Morgan fingerprint density at radius 3 is 1.50 bits per heavy atom. The summed E-state index contributed by atoms with van der Waals surface area (Å²) in [5.41, 5.74) is 0. The van der Waals surface area contributed by atoms with Crippen LogP contribution in [-0.4, -0.2) is 22.5 Å². The fourth-order valence-electron chi connectivity index (χ4n) is 3.43. The summed E-state index contributed by atoms with van der Waals surface area (Å²) >= 11 is 0. The van der Waals surface area contributed by atoms with Gasteiger partial charge in [-0.15, -0.1) is 0 Å². The molecule has 2 saturated carbocycles. The lowest BCUT2D eigenvalue weighted by molar-refractivity contribution is -1.13. The average Bonchev–Trinajstić information content (AvgIpc) is 2.27. The van der Waals surface area contributed by atoms with Crippen LogP contribution in [0.3, 0.4) is 0 Å². The van der Waals surface area contributed by atoms with Gasteiger partial charge in [0.15, 0.2) is 12.1 Å². The SMILES string of the molecule is [O-][NH+](O)C1CC2CCCCC2CC1[NH+]([O-])O. The molecule has 0 radical (unpaired) electrons. The largest absolute Gasteiger partial charge is 0.600 e. The Morgan fingerprint density at radius 2 is 1.19 bits per heavy atom. The highest BCUT2D eigenvalue weighted by Gasteiger charge is 2.44. The van der Waals surface area contributed by atoms with E-state index < -0.39 is 22.5 Å². The molecule has 0 heterocycles. The van der Waals surface area contributed by atoms with Crippen LogP contribution in [0.25, 0.3) is 0 Å². The summed E-state index contributed by atoms with van der Waals surface area (Å²) in [6.07, 6.45) is 5.64. The number of hydrogen-bond donors (Lipinski definition) is 4. The first-order valence-electron chi connectivity index (χ1n) is 6.05. The summed E-state index contributed by atoms with van der Waals surface area (Å²) in [4.78, 5) is 0. The average molecular weight is 232 g/mol. The molecular formula is C10H20N2O4. The van der Waals surface area contributed by atoms with Gasteiger partial charge in [-0.2, -0.15) is 0 Å². The number of hydrogen-bond acceptors (Lipinski definition) is 4. The molecule has 0 saturated heterocycles. The van der Waals surface area contributed by atoms with Crippen molar-refractivity contribution in [3.63, 3.8) is 0 Å². The lowest BCUT2D eigenvalue weighted by Crippen LogP contribution is -3.21. The van der Waals surface area contributed by atoms with E-state index >= 15 is 0 Å². The lowest BCUT2D eigenvalue weighted by atomic mass is 9.68. The second kappa shape index (κ2) is 4.95. The molecule has 0 aromatic rings. The predicted molar refractivity (Wildman–Crippen MR) is 54.5 cm³/mol.